The van der Waals surface area contributed by atoms with Crippen LogP contribution in [0, 0.1) is 0 Å². The normalized spacial score (nSPS) is 17.6. The number of carbonyl (C=O) groups excluding carboxylic acids is 5. The van der Waals surface area contributed by atoms with Gasteiger partial charge in [0.15, 0.2) is 5.78 Å². The summed E-state index contributed by atoms with van der Waals surface area (Å²) >= 11 is 0. The lowest BCUT2D eigenvalue weighted by molar-refractivity contribution is -0.138. The van der Waals surface area contributed by atoms with Crippen molar-refractivity contribution < 1.29 is 28.7 Å². The summed E-state index contributed by atoms with van der Waals surface area (Å²) in [5, 5.41) is 5.37. The van der Waals surface area contributed by atoms with Crippen LogP contribution in [0.2, 0.25) is 0 Å². The van der Waals surface area contributed by atoms with E-state index in [1.807, 2.05) is 24.3 Å². The van der Waals surface area contributed by atoms with Crippen LogP contribution in [-0.2, 0) is 24.5 Å². The maximum atomic E-state index is 12.7. The fraction of sp³-hybridized carbons (Fsp3) is 0.414. The molecule has 2 heterocycles. The number of nitrogens with zero attached hydrogens (tertiary/aromatic N) is 2. The highest BCUT2D eigenvalue weighted by Crippen LogP contribution is 2.36. The number of hydrogen-bond acceptors (Lipinski definition) is 7. The number of hydrogen-bond donors (Lipinski definition) is 3. The van der Waals surface area contributed by atoms with Gasteiger partial charge in [0.25, 0.3) is 0 Å². The van der Waals surface area contributed by atoms with Crippen LogP contribution in [-0.4, -0.2) is 73.3 Å². The van der Waals surface area contributed by atoms with Crippen LogP contribution < -0.4 is 21.3 Å². The van der Waals surface area contributed by atoms with Gasteiger partial charge in [0, 0.05) is 54.7 Å². The molecule has 0 unspecified atom stereocenters. The minimum Gasteiger partial charge on any atom is -0.442 e. The highest BCUT2D eigenvalue weighted by Gasteiger charge is 2.42. The summed E-state index contributed by atoms with van der Waals surface area (Å²) < 4.78 is 5.37. The van der Waals surface area contributed by atoms with E-state index in [1.54, 1.807) is 41.0 Å². The number of cyclic esters (lactones) is 1. The smallest absolute Gasteiger partial charge is 0.414 e. The second-order valence-corrected chi connectivity index (χ2v) is 10.4. The summed E-state index contributed by atoms with van der Waals surface area (Å²) in [4.78, 5) is 63.8. The van der Waals surface area contributed by atoms with Crippen molar-refractivity contribution in [3.8, 4) is 0 Å². The molecule has 0 aliphatic carbocycles. The molecule has 0 spiro atoms. The van der Waals surface area contributed by atoms with E-state index in [-0.39, 0.29) is 54.9 Å². The maximum absolute atomic E-state index is 12.7. The number of nitrogens with two attached hydrogens (primary N) is 1. The minimum absolute atomic E-state index is 0.0738. The molecule has 11 nitrogen and oxygen atoms in total. The van der Waals surface area contributed by atoms with Crippen molar-refractivity contribution in [2.45, 2.75) is 44.6 Å². The van der Waals surface area contributed by atoms with Gasteiger partial charge in [-0.25, -0.2) is 4.79 Å². The molecule has 2 aromatic rings. The van der Waals surface area contributed by atoms with Crippen molar-refractivity contribution in [1.29, 1.82) is 0 Å². The third-order valence-corrected chi connectivity index (χ3v) is 7.27. The number of anilines is 2. The Bertz CT molecular complexity index is 1270. The number of nitrogens with one attached hydrogen (secondary N) is 2. The van der Waals surface area contributed by atoms with E-state index in [2.05, 4.69) is 17.6 Å². The molecular formula is C29H35N5O6. The van der Waals surface area contributed by atoms with Crippen molar-refractivity contribution in [3.63, 3.8) is 0 Å². The number of benzene rings is 2. The Morgan fingerprint density at radius 2 is 1.68 bits per heavy atom. The Labute approximate surface area is 233 Å². The van der Waals surface area contributed by atoms with Crippen molar-refractivity contribution in [3.05, 3.63) is 59.7 Å². The first-order chi connectivity index (χ1) is 19.1. The topological polar surface area (TPSA) is 151 Å². The van der Waals surface area contributed by atoms with Crippen molar-refractivity contribution in [2.75, 3.05) is 42.9 Å². The van der Waals surface area contributed by atoms with Crippen LogP contribution in [0.15, 0.2) is 48.5 Å². The highest BCUT2D eigenvalue weighted by molar-refractivity contribution is 5.99. The fourth-order valence-corrected chi connectivity index (χ4v) is 4.86. The zero-order valence-corrected chi connectivity index (χ0v) is 22.8. The second kappa shape index (κ2) is 12.3. The third kappa shape index (κ3) is 6.66. The van der Waals surface area contributed by atoms with E-state index in [0.717, 1.165) is 5.56 Å². The molecule has 4 rings (SSSR count). The summed E-state index contributed by atoms with van der Waals surface area (Å²) in [6, 6.07) is 14.2. The van der Waals surface area contributed by atoms with Crippen LogP contribution in [0.3, 0.4) is 0 Å². The molecule has 4 amide bonds. The standard InChI is InChI=1S/C29H35N5O6/c1-3-25(36)31-15-23-16-34(28(39)40-23)22-10-6-20(7-11-22)29(2)17-33(18-29)27(38)13-12-24(35)19-4-8-21(9-5-19)32-26(37)14-30/h4-11,23H,3,12-18,30H2,1-2H3,(H,31,36)(H,32,37)/t23-/m0/s1. The van der Waals surface area contributed by atoms with E-state index in [9.17, 15) is 24.0 Å². The zero-order chi connectivity index (χ0) is 28.9. The molecule has 2 aliphatic heterocycles. The molecule has 0 aromatic heterocycles. The number of likely N-dealkylation sites (tertiary alicyclic amines) is 1. The quantitative estimate of drug-likeness (QED) is 0.364. The van der Waals surface area contributed by atoms with Crippen LogP contribution in [0.25, 0.3) is 0 Å². The molecule has 2 fully saturated rings. The van der Waals surface area contributed by atoms with Gasteiger partial charge in [-0.1, -0.05) is 26.0 Å². The summed E-state index contributed by atoms with van der Waals surface area (Å²) in [5.41, 5.74) is 7.86. The van der Waals surface area contributed by atoms with Gasteiger partial charge in [-0.3, -0.25) is 24.1 Å². The van der Waals surface area contributed by atoms with Crippen LogP contribution in [0.5, 0.6) is 0 Å². The monoisotopic (exact) mass is 549 g/mol. The number of rotatable bonds is 11. The van der Waals surface area contributed by atoms with Crippen molar-refractivity contribution in [1.82, 2.24) is 10.2 Å². The Hall–Kier alpha value is -4.25. The SMILES string of the molecule is CCC(=O)NC[C@H]1CN(c2ccc(C3(C)CN(C(=O)CCC(=O)c4ccc(NC(=O)CN)cc4)C3)cc2)C(=O)O1. The molecule has 0 bridgehead atoms. The molecule has 0 radical (unpaired) electrons. The molecule has 4 N–H and O–H groups in total. The van der Waals surface area contributed by atoms with Gasteiger partial charge < -0.3 is 26.0 Å². The lowest BCUT2D eigenvalue weighted by Gasteiger charge is -2.48. The molecule has 0 saturated carbocycles. The van der Waals surface area contributed by atoms with E-state index < -0.39 is 12.2 Å². The number of ether oxygens (including phenoxy) is 1. The fourth-order valence-electron chi connectivity index (χ4n) is 4.86. The van der Waals surface area contributed by atoms with E-state index in [4.69, 9.17) is 10.5 Å². The molecule has 212 valence electrons. The molecule has 2 aromatic carbocycles. The van der Waals surface area contributed by atoms with E-state index in [1.165, 1.54) is 0 Å². The first-order valence-corrected chi connectivity index (χ1v) is 13.4. The first kappa shape index (κ1) is 28.8. The van der Waals surface area contributed by atoms with Gasteiger partial charge >= 0.3 is 6.09 Å². The van der Waals surface area contributed by atoms with E-state index in [0.29, 0.717) is 43.0 Å². The highest BCUT2D eigenvalue weighted by atomic mass is 16.6. The zero-order valence-electron chi connectivity index (χ0n) is 22.8. The average molecular weight is 550 g/mol. The van der Waals surface area contributed by atoms with Crippen molar-refractivity contribution in [2.24, 2.45) is 5.73 Å². The summed E-state index contributed by atoms with van der Waals surface area (Å²) in [5.74, 6) is -0.620. The minimum atomic E-state index is -0.445. The van der Waals surface area contributed by atoms with Gasteiger partial charge in [0.05, 0.1) is 19.6 Å². The van der Waals surface area contributed by atoms with E-state index >= 15 is 0 Å². The molecule has 2 saturated heterocycles. The Morgan fingerprint density at radius 1 is 1.00 bits per heavy atom. The Balaban J connectivity index is 1.24. The molecule has 2 aliphatic rings. The number of amides is 4. The van der Waals surface area contributed by atoms with Crippen molar-refractivity contribution >= 4 is 41.0 Å². The lowest BCUT2D eigenvalue weighted by atomic mass is 9.75. The summed E-state index contributed by atoms with van der Waals surface area (Å²) in [6.45, 7) is 5.44. The van der Waals surface area contributed by atoms with Gasteiger partial charge in [-0.2, -0.15) is 0 Å². The van der Waals surface area contributed by atoms with Gasteiger partial charge in [0.2, 0.25) is 17.7 Å². The summed E-state index contributed by atoms with van der Waals surface area (Å²) in [6.07, 6.45) is -0.249. The molecule has 40 heavy (non-hydrogen) atoms. The van der Waals surface area contributed by atoms with Gasteiger partial charge in [-0.15, -0.1) is 0 Å². The predicted molar refractivity (Wildman–Crippen MR) is 149 cm³/mol. The lowest BCUT2D eigenvalue weighted by Crippen LogP contribution is -2.59. The average Bonchev–Trinajstić information content (AvgIpc) is 3.33. The number of ketones is 1. The van der Waals surface area contributed by atoms with Crippen LogP contribution >= 0.6 is 0 Å². The Morgan fingerprint density at radius 3 is 2.30 bits per heavy atom. The summed E-state index contributed by atoms with van der Waals surface area (Å²) in [7, 11) is 0. The second-order valence-electron chi connectivity index (χ2n) is 10.4. The van der Waals surface area contributed by atoms with Gasteiger partial charge in [-0.05, 0) is 42.0 Å². The number of Topliss-reactive ketones (excluding diaryl/α,β-unsaturated/α-hetero) is 1. The third-order valence-electron chi connectivity index (χ3n) is 7.27. The Kier molecular flexibility index (Phi) is 8.83. The molecule has 11 heteroatoms. The largest absolute Gasteiger partial charge is 0.442 e. The molecular weight excluding hydrogens is 514 g/mol. The maximum Gasteiger partial charge on any atom is 0.414 e. The van der Waals surface area contributed by atoms with Crippen LogP contribution in [0.4, 0.5) is 16.2 Å². The molecule has 1 atom stereocenters. The van der Waals surface area contributed by atoms with Gasteiger partial charge in [0.1, 0.15) is 6.10 Å². The number of carbonyl (C=O) groups is 5. The first-order valence-electron chi connectivity index (χ1n) is 13.4. The predicted octanol–water partition coefficient (Wildman–Crippen LogP) is 2.20. The van der Waals surface area contributed by atoms with Crippen LogP contribution in [0.1, 0.15) is 49.0 Å².